The first-order valence-corrected chi connectivity index (χ1v) is 3.96. The van der Waals surface area contributed by atoms with Gasteiger partial charge in [-0.3, -0.25) is 0 Å². The maximum absolute atomic E-state index is 5.32. The first kappa shape index (κ1) is 7.16. The van der Waals surface area contributed by atoms with Crippen molar-refractivity contribution >= 4 is 5.52 Å². The number of rotatable bonds is 2. The van der Waals surface area contributed by atoms with Crippen LogP contribution in [0, 0.1) is 0 Å². The molecule has 0 saturated carbocycles. The number of aromatic nitrogens is 2. The molecule has 2 aromatic heterocycles. The zero-order valence-corrected chi connectivity index (χ0v) is 6.90. The Kier molecular flexibility index (Phi) is 1.70. The number of hydrogen-bond donors (Lipinski definition) is 0. The van der Waals surface area contributed by atoms with Gasteiger partial charge in [0.1, 0.15) is 5.75 Å². The SMILES string of the molecule is CCOc1ccc2ccnn2c1. The first-order chi connectivity index (χ1) is 5.90. The fraction of sp³-hybridized carbons (Fsp3) is 0.222. The minimum absolute atomic E-state index is 0.687. The van der Waals surface area contributed by atoms with Crippen LogP contribution < -0.4 is 4.74 Å². The van der Waals surface area contributed by atoms with E-state index in [1.165, 1.54) is 0 Å². The molecule has 2 heterocycles. The van der Waals surface area contributed by atoms with Crippen LogP contribution in [0.4, 0.5) is 0 Å². The fourth-order valence-corrected chi connectivity index (χ4v) is 1.15. The van der Waals surface area contributed by atoms with E-state index in [0.717, 1.165) is 11.3 Å². The maximum atomic E-state index is 5.32. The van der Waals surface area contributed by atoms with E-state index in [9.17, 15) is 0 Å². The Morgan fingerprint density at radius 2 is 2.33 bits per heavy atom. The third-order valence-corrected chi connectivity index (χ3v) is 1.68. The van der Waals surface area contributed by atoms with Crippen LogP contribution in [0.25, 0.3) is 5.52 Å². The number of fused-ring (bicyclic) bond motifs is 1. The molecule has 0 aliphatic heterocycles. The molecule has 0 aromatic carbocycles. The van der Waals surface area contributed by atoms with Crippen LogP contribution in [0.3, 0.4) is 0 Å². The Morgan fingerprint density at radius 1 is 1.42 bits per heavy atom. The smallest absolute Gasteiger partial charge is 0.137 e. The predicted molar refractivity (Wildman–Crippen MR) is 46.4 cm³/mol. The lowest BCUT2D eigenvalue weighted by atomic mass is 10.4. The third kappa shape index (κ3) is 1.13. The lowest BCUT2D eigenvalue weighted by Gasteiger charge is -2.01. The number of pyridine rings is 1. The van der Waals surface area contributed by atoms with E-state index >= 15 is 0 Å². The molecule has 0 bridgehead atoms. The van der Waals surface area contributed by atoms with Gasteiger partial charge in [-0.05, 0) is 25.1 Å². The molecule has 0 N–H and O–H groups in total. The van der Waals surface area contributed by atoms with Gasteiger partial charge in [0.25, 0.3) is 0 Å². The fourth-order valence-electron chi connectivity index (χ4n) is 1.15. The molecule has 3 heteroatoms. The van der Waals surface area contributed by atoms with E-state index in [1.807, 2.05) is 31.3 Å². The van der Waals surface area contributed by atoms with Gasteiger partial charge in [-0.25, -0.2) is 4.52 Å². The lowest BCUT2D eigenvalue weighted by Crippen LogP contribution is -1.94. The molecule has 0 saturated heterocycles. The Bertz CT molecular complexity index is 381. The normalized spacial score (nSPS) is 10.4. The maximum Gasteiger partial charge on any atom is 0.137 e. The second-order valence-corrected chi connectivity index (χ2v) is 2.50. The van der Waals surface area contributed by atoms with Crippen LogP contribution in [0.5, 0.6) is 5.75 Å². The average Bonchev–Trinajstić information content (AvgIpc) is 2.51. The quantitative estimate of drug-likeness (QED) is 0.672. The van der Waals surface area contributed by atoms with Crippen molar-refractivity contribution in [1.29, 1.82) is 0 Å². The zero-order valence-electron chi connectivity index (χ0n) is 6.90. The third-order valence-electron chi connectivity index (χ3n) is 1.68. The number of ether oxygens (including phenoxy) is 1. The van der Waals surface area contributed by atoms with Crippen molar-refractivity contribution in [3.8, 4) is 5.75 Å². The summed E-state index contributed by atoms with van der Waals surface area (Å²) in [6.45, 7) is 2.65. The molecule has 0 aliphatic rings. The van der Waals surface area contributed by atoms with Crippen LogP contribution in [-0.4, -0.2) is 16.2 Å². The summed E-state index contributed by atoms with van der Waals surface area (Å²) in [5, 5.41) is 4.10. The highest BCUT2D eigenvalue weighted by Crippen LogP contribution is 2.11. The molecule has 3 nitrogen and oxygen atoms in total. The highest BCUT2D eigenvalue weighted by molar-refractivity contribution is 5.47. The molecule has 2 aromatic rings. The van der Waals surface area contributed by atoms with Crippen molar-refractivity contribution < 1.29 is 4.74 Å². The van der Waals surface area contributed by atoms with Gasteiger partial charge in [-0.2, -0.15) is 5.10 Å². The van der Waals surface area contributed by atoms with Gasteiger partial charge in [0.05, 0.1) is 18.3 Å². The standard InChI is InChI=1S/C9H10N2O/c1-2-12-9-4-3-8-5-6-10-11(8)7-9/h3-7H,2H2,1H3. The minimum atomic E-state index is 0.687. The topological polar surface area (TPSA) is 26.5 Å². The van der Waals surface area contributed by atoms with Gasteiger partial charge in [0.2, 0.25) is 0 Å². The Labute approximate surface area is 70.6 Å². The molecule has 0 spiro atoms. The van der Waals surface area contributed by atoms with Gasteiger partial charge < -0.3 is 4.74 Å². The minimum Gasteiger partial charge on any atom is -0.492 e. The summed E-state index contributed by atoms with van der Waals surface area (Å²) in [6.07, 6.45) is 3.64. The second-order valence-electron chi connectivity index (χ2n) is 2.50. The van der Waals surface area contributed by atoms with Crippen molar-refractivity contribution in [1.82, 2.24) is 9.61 Å². The molecule has 12 heavy (non-hydrogen) atoms. The number of nitrogens with zero attached hydrogens (tertiary/aromatic N) is 2. The molecule has 0 amide bonds. The van der Waals surface area contributed by atoms with Crippen molar-refractivity contribution in [2.75, 3.05) is 6.61 Å². The zero-order chi connectivity index (χ0) is 8.39. The monoisotopic (exact) mass is 162 g/mol. The van der Waals surface area contributed by atoms with Gasteiger partial charge in [-0.1, -0.05) is 0 Å². The van der Waals surface area contributed by atoms with Crippen molar-refractivity contribution in [3.05, 3.63) is 30.6 Å². The molecular formula is C9H10N2O. The summed E-state index contributed by atoms with van der Waals surface area (Å²) >= 11 is 0. The second kappa shape index (κ2) is 2.85. The lowest BCUT2D eigenvalue weighted by molar-refractivity contribution is 0.338. The van der Waals surface area contributed by atoms with E-state index in [1.54, 1.807) is 10.7 Å². The summed E-state index contributed by atoms with van der Waals surface area (Å²) in [4.78, 5) is 0. The molecule has 0 aliphatic carbocycles. The Hall–Kier alpha value is -1.51. The molecule has 0 unspecified atom stereocenters. The molecule has 0 atom stereocenters. The van der Waals surface area contributed by atoms with Crippen LogP contribution in [0.15, 0.2) is 30.6 Å². The van der Waals surface area contributed by atoms with Crippen LogP contribution in [0.2, 0.25) is 0 Å². The molecule has 0 fully saturated rings. The van der Waals surface area contributed by atoms with Crippen LogP contribution >= 0.6 is 0 Å². The molecule has 2 rings (SSSR count). The van der Waals surface area contributed by atoms with Crippen molar-refractivity contribution in [3.63, 3.8) is 0 Å². The van der Waals surface area contributed by atoms with E-state index in [2.05, 4.69) is 5.10 Å². The van der Waals surface area contributed by atoms with Crippen LogP contribution in [-0.2, 0) is 0 Å². The summed E-state index contributed by atoms with van der Waals surface area (Å²) in [6, 6.07) is 5.88. The van der Waals surface area contributed by atoms with Gasteiger partial charge >= 0.3 is 0 Å². The van der Waals surface area contributed by atoms with Crippen LogP contribution in [0.1, 0.15) is 6.92 Å². The molecule has 0 radical (unpaired) electrons. The van der Waals surface area contributed by atoms with Gasteiger partial charge in [0.15, 0.2) is 0 Å². The van der Waals surface area contributed by atoms with E-state index in [4.69, 9.17) is 4.74 Å². The van der Waals surface area contributed by atoms with Gasteiger partial charge in [0, 0.05) is 6.20 Å². The molecule has 62 valence electrons. The van der Waals surface area contributed by atoms with Crippen molar-refractivity contribution in [2.45, 2.75) is 6.92 Å². The predicted octanol–water partition coefficient (Wildman–Crippen LogP) is 1.73. The van der Waals surface area contributed by atoms with Gasteiger partial charge in [-0.15, -0.1) is 0 Å². The first-order valence-electron chi connectivity index (χ1n) is 3.96. The van der Waals surface area contributed by atoms with E-state index in [-0.39, 0.29) is 0 Å². The Morgan fingerprint density at radius 3 is 3.17 bits per heavy atom. The summed E-state index contributed by atoms with van der Waals surface area (Å²) in [7, 11) is 0. The molecular weight excluding hydrogens is 152 g/mol. The summed E-state index contributed by atoms with van der Waals surface area (Å²) < 4.78 is 7.12. The largest absolute Gasteiger partial charge is 0.492 e. The number of hydrogen-bond acceptors (Lipinski definition) is 2. The average molecular weight is 162 g/mol. The summed E-state index contributed by atoms with van der Waals surface area (Å²) in [5.41, 5.74) is 1.08. The highest BCUT2D eigenvalue weighted by atomic mass is 16.5. The Balaban J connectivity index is 2.46. The highest BCUT2D eigenvalue weighted by Gasteiger charge is 1.95. The van der Waals surface area contributed by atoms with Crippen molar-refractivity contribution in [2.24, 2.45) is 0 Å². The summed E-state index contributed by atoms with van der Waals surface area (Å²) in [5.74, 6) is 0.855. The van der Waals surface area contributed by atoms with E-state index < -0.39 is 0 Å². The van der Waals surface area contributed by atoms with E-state index in [0.29, 0.717) is 6.61 Å².